The highest BCUT2D eigenvalue weighted by molar-refractivity contribution is 7.07. The van der Waals surface area contributed by atoms with Gasteiger partial charge in [0, 0.05) is 17.5 Å². The number of aromatic nitrogens is 1. The Balaban J connectivity index is 1.68. The van der Waals surface area contributed by atoms with Crippen LogP contribution in [0.2, 0.25) is 0 Å². The van der Waals surface area contributed by atoms with E-state index in [-0.39, 0.29) is 11.9 Å². The molecule has 0 saturated carbocycles. The Kier molecular flexibility index (Phi) is 4.70. The number of hydrogen-bond donors (Lipinski definition) is 0. The van der Waals surface area contributed by atoms with Gasteiger partial charge in [0.1, 0.15) is 12.4 Å². The molecule has 1 aliphatic heterocycles. The minimum absolute atomic E-state index is 0.0231. The Morgan fingerprint density at radius 3 is 3.23 bits per heavy atom. The van der Waals surface area contributed by atoms with Crippen molar-refractivity contribution in [3.63, 3.8) is 0 Å². The summed E-state index contributed by atoms with van der Waals surface area (Å²) in [5.41, 5.74) is 3.31. The van der Waals surface area contributed by atoms with Crippen LogP contribution < -0.4 is 4.74 Å². The summed E-state index contributed by atoms with van der Waals surface area (Å²) in [6.07, 6.45) is 0. The van der Waals surface area contributed by atoms with Crippen molar-refractivity contribution in [2.45, 2.75) is 19.6 Å². The molecule has 0 radical (unpaired) electrons. The molecule has 3 rings (SSSR count). The summed E-state index contributed by atoms with van der Waals surface area (Å²) in [4.78, 5) is 18.6. The zero-order chi connectivity index (χ0) is 15.4. The van der Waals surface area contributed by atoms with Crippen LogP contribution in [-0.4, -0.2) is 41.6 Å². The third-order valence-corrected chi connectivity index (χ3v) is 4.21. The lowest BCUT2D eigenvalue weighted by molar-refractivity contribution is 0.00357. The Morgan fingerprint density at radius 2 is 2.45 bits per heavy atom. The number of morpholine rings is 1. The van der Waals surface area contributed by atoms with Gasteiger partial charge in [-0.2, -0.15) is 0 Å². The van der Waals surface area contributed by atoms with Crippen LogP contribution in [0.5, 0.6) is 5.75 Å². The molecular weight excluding hydrogens is 300 g/mol. The van der Waals surface area contributed by atoms with E-state index in [0.29, 0.717) is 37.7 Å². The fourth-order valence-corrected chi connectivity index (χ4v) is 2.92. The summed E-state index contributed by atoms with van der Waals surface area (Å²) in [5.74, 6) is 0.703. The van der Waals surface area contributed by atoms with E-state index in [1.54, 1.807) is 11.6 Å². The molecule has 0 unspecified atom stereocenters. The average Bonchev–Trinajstić information content (AvgIpc) is 3.06. The normalized spacial score (nSPS) is 18.2. The Hall–Kier alpha value is -1.92. The maximum Gasteiger partial charge on any atom is 0.254 e. The van der Waals surface area contributed by atoms with Gasteiger partial charge < -0.3 is 14.4 Å². The average molecular weight is 318 g/mol. The molecule has 5 nitrogen and oxygen atoms in total. The highest BCUT2D eigenvalue weighted by atomic mass is 32.1. The number of hydrogen-bond acceptors (Lipinski definition) is 5. The maximum atomic E-state index is 12.6. The summed E-state index contributed by atoms with van der Waals surface area (Å²) in [5, 5.41) is 1.95. The molecule has 1 aliphatic rings. The van der Waals surface area contributed by atoms with E-state index in [1.165, 1.54) is 11.3 Å². The summed E-state index contributed by atoms with van der Waals surface area (Å²) < 4.78 is 11.1. The molecule has 2 heterocycles. The molecular formula is C16H18N2O3S. The van der Waals surface area contributed by atoms with E-state index in [9.17, 15) is 4.79 Å². The first-order chi connectivity index (χ1) is 10.7. The summed E-state index contributed by atoms with van der Waals surface area (Å²) in [6.45, 7) is 4.22. The number of rotatable bonds is 4. The van der Waals surface area contributed by atoms with Crippen molar-refractivity contribution < 1.29 is 14.3 Å². The van der Waals surface area contributed by atoms with Gasteiger partial charge in [0.05, 0.1) is 30.5 Å². The van der Waals surface area contributed by atoms with Crippen LogP contribution in [0.25, 0.3) is 0 Å². The van der Waals surface area contributed by atoms with Crippen LogP contribution in [0, 0.1) is 0 Å². The molecule has 1 aromatic carbocycles. The number of ether oxygens (including phenoxy) is 2. The minimum Gasteiger partial charge on any atom is -0.487 e. The SMILES string of the molecule is C[C@@H]1COCCN1C(=O)c1cccc(OCc2cscn2)c1. The van der Waals surface area contributed by atoms with Crippen LogP contribution in [0.15, 0.2) is 35.2 Å². The van der Waals surface area contributed by atoms with Gasteiger partial charge in [-0.1, -0.05) is 6.07 Å². The highest BCUT2D eigenvalue weighted by Gasteiger charge is 2.24. The molecule has 0 N–H and O–H groups in total. The summed E-state index contributed by atoms with van der Waals surface area (Å²) in [7, 11) is 0. The van der Waals surface area contributed by atoms with Crippen LogP contribution in [0.3, 0.4) is 0 Å². The van der Waals surface area contributed by atoms with Crippen molar-refractivity contribution in [3.05, 3.63) is 46.4 Å². The standard InChI is InChI=1S/C16H18N2O3S/c1-12-8-20-6-5-18(12)16(19)13-3-2-4-15(7-13)21-9-14-10-22-11-17-14/h2-4,7,10-12H,5-6,8-9H2,1H3/t12-/m1/s1. The van der Waals surface area contributed by atoms with Crippen molar-refractivity contribution in [2.24, 2.45) is 0 Å². The Morgan fingerprint density at radius 1 is 1.55 bits per heavy atom. The Bertz CT molecular complexity index is 630. The molecule has 1 fully saturated rings. The lowest BCUT2D eigenvalue weighted by Gasteiger charge is -2.33. The van der Waals surface area contributed by atoms with Crippen molar-refractivity contribution in [2.75, 3.05) is 19.8 Å². The molecule has 0 bridgehead atoms. The fraction of sp³-hybridized carbons (Fsp3) is 0.375. The predicted molar refractivity (Wildman–Crippen MR) is 84.2 cm³/mol. The van der Waals surface area contributed by atoms with Crippen LogP contribution in [-0.2, 0) is 11.3 Å². The van der Waals surface area contributed by atoms with Gasteiger partial charge in [-0.15, -0.1) is 11.3 Å². The molecule has 116 valence electrons. The number of amides is 1. The van der Waals surface area contributed by atoms with Gasteiger partial charge in [0.25, 0.3) is 5.91 Å². The summed E-state index contributed by atoms with van der Waals surface area (Å²) in [6, 6.07) is 7.40. The number of benzene rings is 1. The Labute approximate surface area is 133 Å². The summed E-state index contributed by atoms with van der Waals surface area (Å²) >= 11 is 1.54. The predicted octanol–water partition coefficient (Wildman–Crippen LogP) is 2.58. The van der Waals surface area contributed by atoms with Gasteiger partial charge in [-0.05, 0) is 25.1 Å². The van der Waals surface area contributed by atoms with Crippen LogP contribution in [0.4, 0.5) is 0 Å². The van der Waals surface area contributed by atoms with Crippen molar-refractivity contribution in [1.82, 2.24) is 9.88 Å². The van der Waals surface area contributed by atoms with Crippen LogP contribution >= 0.6 is 11.3 Å². The highest BCUT2D eigenvalue weighted by Crippen LogP contribution is 2.18. The maximum absolute atomic E-state index is 12.6. The largest absolute Gasteiger partial charge is 0.487 e. The third-order valence-electron chi connectivity index (χ3n) is 3.58. The first-order valence-corrected chi connectivity index (χ1v) is 8.17. The van der Waals surface area contributed by atoms with E-state index in [0.717, 1.165) is 5.69 Å². The number of nitrogens with zero attached hydrogens (tertiary/aromatic N) is 2. The molecule has 6 heteroatoms. The number of thiazole rings is 1. The number of carbonyl (C=O) groups is 1. The van der Waals surface area contributed by atoms with E-state index in [2.05, 4.69) is 4.98 Å². The zero-order valence-corrected chi connectivity index (χ0v) is 13.2. The molecule has 0 aliphatic carbocycles. The van der Waals surface area contributed by atoms with Crippen molar-refractivity contribution in [3.8, 4) is 5.75 Å². The molecule has 1 amide bonds. The molecule has 1 saturated heterocycles. The second kappa shape index (κ2) is 6.89. The van der Waals surface area contributed by atoms with E-state index in [4.69, 9.17) is 9.47 Å². The van der Waals surface area contributed by atoms with Crippen molar-refractivity contribution in [1.29, 1.82) is 0 Å². The lowest BCUT2D eigenvalue weighted by atomic mass is 10.1. The van der Waals surface area contributed by atoms with E-state index >= 15 is 0 Å². The lowest BCUT2D eigenvalue weighted by Crippen LogP contribution is -2.47. The van der Waals surface area contributed by atoms with Gasteiger partial charge >= 0.3 is 0 Å². The van der Waals surface area contributed by atoms with Crippen molar-refractivity contribution >= 4 is 17.2 Å². The second-order valence-electron chi connectivity index (χ2n) is 5.22. The van der Waals surface area contributed by atoms with Gasteiger partial charge in [0.15, 0.2) is 0 Å². The first-order valence-electron chi connectivity index (χ1n) is 7.22. The first kappa shape index (κ1) is 15.0. The molecule has 0 spiro atoms. The second-order valence-corrected chi connectivity index (χ2v) is 5.94. The quantitative estimate of drug-likeness (QED) is 0.869. The monoisotopic (exact) mass is 318 g/mol. The molecule has 22 heavy (non-hydrogen) atoms. The third kappa shape index (κ3) is 3.45. The topological polar surface area (TPSA) is 51.7 Å². The molecule has 1 atom stereocenters. The van der Waals surface area contributed by atoms with Crippen LogP contribution in [0.1, 0.15) is 23.0 Å². The van der Waals surface area contributed by atoms with Gasteiger partial charge in [-0.25, -0.2) is 4.98 Å². The van der Waals surface area contributed by atoms with Gasteiger partial charge in [0.2, 0.25) is 0 Å². The van der Waals surface area contributed by atoms with Gasteiger partial charge in [-0.3, -0.25) is 4.79 Å². The zero-order valence-electron chi connectivity index (χ0n) is 12.4. The minimum atomic E-state index is 0.0231. The number of carbonyl (C=O) groups excluding carboxylic acids is 1. The van der Waals surface area contributed by atoms with E-state index < -0.39 is 0 Å². The fourth-order valence-electron chi connectivity index (χ4n) is 2.38. The van der Waals surface area contributed by atoms with E-state index in [1.807, 2.05) is 35.4 Å². The molecule has 2 aromatic rings. The molecule has 1 aromatic heterocycles. The smallest absolute Gasteiger partial charge is 0.254 e.